The van der Waals surface area contributed by atoms with Gasteiger partial charge in [0.15, 0.2) is 0 Å². The molecule has 1 aromatic rings. The van der Waals surface area contributed by atoms with Gasteiger partial charge in [0.1, 0.15) is 17.1 Å². The van der Waals surface area contributed by atoms with Crippen molar-refractivity contribution >= 4 is 21.7 Å². The molecule has 0 aromatic heterocycles. The van der Waals surface area contributed by atoms with Crippen molar-refractivity contribution in [3.63, 3.8) is 0 Å². The van der Waals surface area contributed by atoms with Crippen molar-refractivity contribution in [3.8, 4) is 5.75 Å². The summed E-state index contributed by atoms with van der Waals surface area (Å²) in [5.41, 5.74) is -1.63. The molecule has 1 heterocycles. The molecule has 0 fully saturated rings. The lowest BCUT2D eigenvalue weighted by Crippen LogP contribution is -2.11. The Morgan fingerprint density at radius 1 is 1.31 bits per heavy atom. The van der Waals surface area contributed by atoms with Crippen molar-refractivity contribution in [2.75, 3.05) is 0 Å². The number of ketones is 1. The topological polar surface area (TPSA) is 26.3 Å². The van der Waals surface area contributed by atoms with Gasteiger partial charge in [-0.3, -0.25) is 4.79 Å². The van der Waals surface area contributed by atoms with Crippen molar-refractivity contribution in [1.29, 1.82) is 0 Å². The Hall–Kier alpha value is -1.11. The Morgan fingerprint density at radius 3 is 2.50 bits per heavy atom. The molecule has 0 unspecified atom stereocenters. The highest BCUT2D eigenvalue weighted by Crippen LogP contribution is 2.39. The van der Waals surface area contributed by atoms with E-state index in [1.165, 1.54) is 0 Å². The minimum absolute atomic E-state index is 0.283. The van der Waals surface area contributed by atoms with Crippen LogP contribution < -0.4 is 4.74 Å². The molecule has 0 saturated heterocycles. The highest BCUT2D eigenvalue weighted by Gasteiger charge is 2.38. The Bertz CT molecular complexity index is 469. The van der Waals surface area contributed by atoms with Crippen molar-refractivity contribution in [2.45, 2.75) is 11.2 Å². The van der Waals surface area contributed by atoms with E-state index in [0.717, 1.165) is 0 Å². The molecular weight excluding hydrogens is 296 g/mol. The average Bonchev–Trinajstić information content (AvgIpc) is 2.41. The van der Waals surface area contributed by atoms with Gasteiger partial charge in [-0.25, -0.2) is 4.39 Å². The number of halogens is 5. The minimum atomic E-state index is -4.67. The molecular formula is C9H3BrF4O2. The molecule has 7 heteroatoms. The monoisotopic (exact) mass is 298 g/mol. The van der Waals surface area contributed by atoms with Crippen molar-refractivity contribution in [2.24, 2.45) is 0 Å². The molecule has 0 bridgehead atoms. The number of Topliss-reactive ketones (excluding diaryl/α,β-unsaturated/α-hetero) is 1. The van der Waals surface area contributed by atoms with Gasteiger partial charge in [-0.05, 0) is 28.1 Å². The van der Waals surface area contributed by atoms with Crippen LogP contribution in [0.25, 0.3) is 0 Å². The third-order valence-electron chi connectivity index (χ3n) is 2.06. The molecule has 0 spiro atoms. The van der Waals surface area contributed by atoms with Crippen LogP contribution in [0.2, 0.25) is 0 Å². The van der Waals surface area contributed by atoms with E-state index in [1.54, 1.807) is 0 Å². The first-order chi connectivity index (χ1) is 7.30. The van der Waals surface area contributed by atoms with E-state index in [-0.39, 0.29) is 11.8 Å². The zero-order chi connectivity index (χ0) is 12.1. The third kappa shape index (κ3) is 1.68. The largest absolute Gasteiger partial charge is 0.470 e. The summed E-state index contributed by atoms with van der Waals surface area (Å²) >= 11 is 2.77. The van der Waals surface area contributed by atoms with E-state index in [4.69, 9.17) is 4.74 Å². The average molecular weight is 299 g/mol. The molecule has 2 nitrogen and oxygen atoms in total. The van der Waals surface area contributed by atoms with E-state index >= 15 is 0 Å². The Morgan fingerprint density at radius 2 is 1.94 bits per heavy atom. The van der Waals surface area contributed by atoms with Crippen LogP contribution in [0, 0.1) is 5.82 Å². The lowest BCUT2D eigenvalue weighted by molar-refractivity contribution is -0.137. The van der Waals surface area contributed by atoms with E-state index < -0.39 is 33.9 Å². The number of rotatable bonds is 0. The summed E-state index contributed by atoms with van der Waals surface area (Å²) in [6, 6.07) is 0.892. The number of hydrogen-bond donors (Lipinski definition) is 0. The summed E-state index contributed by atoms with van der Waals surface area (Å²) in [7, 11) is 0. The fraction of sp³-hybridized carbons (Fsp3) is 0.222. The lowest BCUT2D eigenvalue weighted by atomic mass is 10.1. The van der Waals surface area contributed by atoms with Gasteiger partial charge in [-0.15, -0.1) is 0 Å². The Labute approximate surface area is 95.3 Å². The maximum absolute atomic E-state index is 13.3. The predicted molar refractivity (Wildman–Crippen MR) is 49.1 cm³/mol. The normalized spacial score (nSPS) is 19.6. The van der Waals surface area contributed by atoms with Gasteiger partial charge >= 0.3 is 6.18 Å². The fourth-order valence-electron chi connectivity index (χ4n) is 1.36. The standard InChI is InChI=1S/C9H3BrF4O2/c10-8-7(15)6-4(11)1-3(9(12,13)14)2-5(6)16-8/h1-2,8H/t8-/m1/s1. The molecule has 1 aliphatic rings. The summed E-state index contributed by atoms with van der Waals surface area (Å²) in [5.74, 6) is -2.34. The summed E-state index contributed by atoms with van der Waals surface area (Å²) in [5, 5.41) is -1.12. The number of fused-ring (bicyclic) bond motifs is 1. The second-order valence-corrected chi connectivity index (χ2v) is 3.96. The van der Waals surface area contributed by atoms with Crippen LogP contribution in [0.3, 0.4) is 0 Å². The highest BCUT2D eigenvalue weighted by molar-refractivity contribution is 9.09. The van der Waals surface area contributed by atoms with Gasteiger partial charge in [-0.2, -0.15) is 13.2 Å². The summed E-state index contributed by atoms with van der Waals surface area (Å²) in [6.07, 6.45) is -4.67. The lowest BCUT2D eigenvalue weighted by Gasteiger charge is -2.08. The quantitative estimate of drug-likeness (QED) is 0.543. The molecule has 2 rings (SSSR count). The Kier molecular flexibility index (Phi) is 2.45. The molecule has 0 N–H and O–H groups in total. The molecule has 1 atom stereocenters. The molecule has 0 radical (unpaired) electrons. The van der Waals surface area contributed by atoms with E-state index in [1.807, 2.05) is 0 Å². The second kappa shape index (κ2) is 3.44. The van der Waals surface area contributed by atoms with Crippen LogP contribution in [0.5, 0.6) is 5.75 Å². The Balaban J connectivity index is 2.58. The van der Waals surface area contributed by atoms with Gasteiger partial charge in [-0.1, -0.05) is 0 Å². The molecule has 0 saturated carbocycles. The minimum Gasteiger partial charge on any atom is -0.470 e. The van der Waals surface area contributed by atoms with Crippen LogP contribution in [0.4, 0.5) is 17.6 Å². The molecule has 1 aromatic carbocycles. The van der Waals surface area contributed by atoms with Crippen molar-refractivity contribution < 1.29 is 27.1 Å². The fourth-order valence-corrected chi connectivity index (χ4v) is 1.79. The number of ether oxygens (including phenoxy) is 1. The van der Waals surface area contributed by atoms with Crippen LogP contribution in [0.1, 0.15) is 15.9 Å². The van der Waals surface area contributed by atoms with Gasteiger partial charge in [0, 0.05) is 0 Å². The van der Waals surface area contributed by atoms with Crippen molar-refractivity contribution in [1.82, 2.24) is 0 Å². The van der Waals surface area contributed by atoms with E-state index in [0.29, 0.717) is 6.07 Å². The smallest absolute Gasteiger partial charge is 0.416 e. The van der Waals surface area contributed by atoms with E-state index in [9.17, 15) is 22.4 Å². The summed E-state index contributed by atoms with van der Waals surface area (Å²) < 4.78 is 55.0. The first kappa shape index (κ1) is 11.4. The van der Waals surface area contributed by atoms with Gasteiger partial charge in [0.25, 0.3) is 0 Å². The maximum atomic E-state index is 13.3. The summed E-state index contributed by atoms with van der Waals surface area (Å²) in [6.45, 7) is 0. The second-order valence-electron chi connectivity index (χ2n) is 3.13. The molecule has 16 heavy (non-hydrogen) atoms. The maximum Gasteiger partial charge on any atom is 0.416 e. The van der Waals surface area contributed by atoms with Crippen LogP contribution >= 0.6 is 15.9 Å². The zero-order valence-electron chi connectivity index (χ0n) is 7.44. The molecule has 86 valence electrons. The van der Waals surface area contributed by atoms with E-state index in [2.05, 4.69) is 15.9 Å². The third-order valence-corrected chi connectivity index (χ3v) is 2.67. The van der Waals surface area contributed by atoms with Crippen molar-refractivity contribution in [3.05, 3.63) is 29.1 Å². The van der Waals surface area contributed by atoms with Crippen LogP contribution in [-0.2, 0) is 6.18 Å². The summed E-state index contributed by atoms with van der Waals surface area (Å²) in [4.78, 5) is 11.3. The SMILES string of the molecule is O=C1c2c(F)cc(C(F)(F)F)cc2O[C@H]1Br. The first-order valence-electron chi connectivity index (χ1n) is 4.06. The van der Waals surface area contributed by atoms with Gasteiger partial charge < -0.3 is 4.74 Å². The number of carbonyl (C=O) groups is 1. The number of hydrogen-bond acceptors (Lipinski definition) is 2. The molecule has 1 aliphatic heterocycles. The number of alkyl halides is 4. The van der Waals surface area contributed by atoms with Gasteiger partial charge in [0.2, 0.25) is 10.8 Å². The predicted octanol–water partition coefficient (Wildman–Crippen LogP) is 3.14. The first-order valence-corrected chi connectivity index (χ1v) is 4.98. The molecule has 0 aliphatic carbocycles. The number of benzene rings is 1. The number of carbonyl (C=O) groups excluding carboxylic acids is 1. The van der Waals surface area contributed by atoms with Crippen LogP contribution in [-0.4, -0.2) is 10.8 Å². The van der Waals surface area contributed by atoms with Crippen LogP contribution in [0.15, 0.2) is 12.1 Å². The highest BCUT2D eigenvalue weighted by atomic mass is 79.9. The zero-order valence-corrected chi connectivity index (χ0v) is 9.02. The molecule has 0 amide bonds. The van der Waals surface area contributed by atoms with Gasteiger partial charge in [0.05, 0.1) is 5.56 Å².